The number of nitrogens with one attached hydrogen (secondary N) is 1. The summed E-state index contributed by atoms with van der Waals surface area (Å²) < 4.78 is 0. The van der Waals surface area contributed by atoms with Gasteiger partial charge >= 0.3 is 0 Å². The maximum Gasteiger partial charge on any atom is 0.222 e. The number of nitrogens with zero attached hydrogens (tertiary/aromatic N) is 1. The summed E-state index contributed by atoms with van der Waals surface area (Å²) in [5, 5.41) is 3.63. The summed E-state index contributed by atoms with van der Waals surface area (Å²) in [6, 6.07) is 0.542. The van der Waals surface area contributed by atoms with Crippen molar-refractivity contribution in [1.29, 1.82) is 0 Å². The second-order valence-corrected chi connectivity index (χ2v) is 6.13. The molecule has 0 aromatic heterocycles. The van der Waals surface area contributed by atoms with Crippen LogP contribution >= 0.6 is 0 Å². The van der Waals surface area contributed by atoms with Gasteiger partial charge in [-0.1, -0.05) is 13.8 Å². The molecule has 2 fully saturated rings. The molecule has 1 N–H and O–H groups in total. The molecule has 3 nitrogen and oxygen atoms in total. The Hall–Kier alpha value is -0.570. The van der Waals surface area contributed by atoms with Gasteiger partial charge in [-0.2, -0.15) is 0 Å². The van der Waals surface area contributed by atoms with Crippen LogP contribution in [0.1, 0.15) is 46.0 Å². The third-order valence-corrected chi connectivity index (χ3v) is 3.75. The largest absolute Gasteiger partial charge is 0.341 e. The van der Waals surface area contributed by atoms with Crippen LogP contribution in [0.25, 0.3) is 0 Å². The van der Waals surface area contributed by atoms with Crippen molar-refractivity contribution >= 4 is 5.91 Å². The highest BCUT2D eigenvalue weighted by atomic mass is 16.2. The zero-order chi connectivity index (χ0) is 12.3. The predicted molar refractivity (Wildman–Crippen MR) is 69.8 cm³/mol. The topological polar surface area (TPSA) is 32.3 Å². The van der Waals surface area contributed by atoms with Gasteiger partial charge in [0.05, 0.1) is 0 Å². The molecule has 1 heterocycles. The van der Waals surface area contributed by atoms with E-state index in [0.717, 1.165) is 32.0 Å². The van der Waals surface area contributed by atoms with Crippen molar-refractivity contribution in [3.05, 3.63) is 0 Å². The van der Waals surface area contributed by atoms with Gasteiger partial charge < -0.3 is 10.2 Å². The summed E-state index contributed by atoms with van der Waals surface area (Å²) in [4.78, 5) is 14.1. The van der Waals surface area contributed by atoms with Gasteiger partial charge in [-0.3, -0.25) is 4.79 Å². The summed E-state index contributed by atoms with van der Waals surface area (Å²) in [6.07, 6.45) is 5.89. The SMILES string of the molecule is CC(C)CC(=O)N1CCCC(NCC2CC2)C1. The smallest absolute Gasteiger partial charge is 0.222 e. The third-order valence-electron chi connectivity index (χ3n) is 3.75. The number of hydrogen-bond acceptors (Lipinski definition) is 2. The lowest BCUT2D eigenvalue weighted by Gasteiger charge is -2.33. The fourth-order valence-corrected chi connectivity index (χ4v) is 2.50. The Morgan fingerprint density at radius 3 is 2.76 bits per heavy atom. The number of amides is 1. The Morgan fingerprint density at radius 2 is 2.12 bits per heavy atom. The fraction of sp³-hybridized carbons (Fsp3) is 0.929. The van der Waals surface area contributed by atoms with E-state index in [0.29, 0.717) is 24.3 Å². The van der Waals surface area contributed by atoms with Gasteiger partial charge in [0.15, 0.2) is 0 Å². The lowest BCUT2D eigenvalue weighted by Crippen LogP contribution is -2.48. The van der Waals surface area contributed by atoms with E-state index in [1.165, 1.54) is 19.3 Å². The molecule has 2 rings (SSSR count). The molecule has 1 aliphatic carbocycles. The van der Waals surface area contributed by atoms with Crippen LogP contribution < -0.4 is 5.32 Å². The maximum absolute atomic E-state index is 12.0. The van der Waals surface area contributed by atoms with Gasteiger partial charge in [-0.15, -0.1) is 0 Å². The van der Waals surface area contributed by atoms with E-state index in [4.69, 9.17) is 0 Å². The minimum atomic E-state index is 0.345. The van der Waals surface area contributed by atoms with Crippen molar-refractivity contribution in [2.75, 3.05) is 19.6 Å². The van der Waals surface area contributed by atoms with Gasteiger partial charge in [0.2, 0.25) is 5.91 Å². The van der Waals surface area contributed by atoms with Gasteiger partial charge in [-0.25, -0.2) is 0 Å². The molecule has 0 aromatic rings. The van der Waals surface area contributed by atoms with Gasteiger partial charge in [0, 0.05) is 25.6 Å². The number of carbonyl (C=O) groups is 1. The second kappa shape index (κ2) is 5.85. The van der Waals surface area contributed by atoms with E-state index in [2.05, 4.69) is 24.1 Å². The van der Waals surface area contributed by atoms with E-state index in [9.17, 15) is 4.79 Å². The quantitative estimate of drug-likeness (QED) is 0.795. The number of carbonyl (C=O) groups excluding carboxylic acids is 1. The van der Waals surface area contributed by atoms with E-state index in [1.54, 1.807) is 0 Å². The van der Waals surface area contributed by atoms with Crippen molar-refractivity contribution in [2.45, 2.75) is 52.0 Å². The van der Waals surface area contributed by atoms with Crippen molar-refractivity contribution in [2.24, 2.45) is 11.8 Å². The van der Waals surface area contributed by atoms with Crippen molar-refractivity contribution in [3.8, 4) is 0 Å². The first-order valence-corrected chi connectivity index (χ1v) is 7.16. The predicted octanol–water partition coefficient (Wildman–Crippen LogP) is 2.02. The molecule has 3 heteroatoms. The molecule has 1 saturated carbocycles. The van der Waals surface area contributed by atoms with E-state index < -0.39 is 0 Å². The van der Waals surface area contributed by atoms with Gasteiger partial charge in [0.1, 0.15) is 0 Å². The Kier molecular flexibility index (Phi) is 4.43. The van der Waals surface area contributed by atoms with Crippen molar-refractivity contribution in [3.63, 3.8) is 0 Å². The lowest BCUT2D eigenvalue weighted by atomic mass is 10.0. The third kappa shape index (κ3) is 4.30. The molecule has 98 valence electrons. The molecular weight excluding hydrogens is 212 g/mol. The first-order valence-electron chi connectivity index (χ1n) is 7.16. The molecule has 1 unspecified atom stereocenters. The average Bonchev–Trinajstić information content (AvgIpc) is 3.10. The first-order chi connectivity index (χ1) is 8.15. The van der Waals surface area contributed by atoms with Crippen LogP contribution in [0.15, 0.2) is 0 Å². The lowest BCUT2D eigenvalue weighted by molar-refractivity contribution is -0.133. The second-order valence-electron chi connectivity index (χ2n) is 6.13. The number of likely N-dealkylation sites (tertiary alicyclic amines) is 1. The molecule has 0 bridgehead atoms. The number of piperidine rings is 1. The molecule has 0 radical (unpaired) electrons. The monoisotopic (exact) mass is 238 g/mol. The van der Waals surface area contributed by atoms with Crippen LogP contribution in [-0.4, -0.2) is 36.5 Å². The molecule has 17 heavy (non-hydrogen) atoms. The summed E-state index contributed by atoms with van der Waals surface area (Å²) in [5.74, 6) is 1.75. The van der Waals surface area contributed by atoms with Gasteiger partial charge in [-0.05, 0) is 44.1 Å². The van der Waals surface area contributed by atoms with Crippen LogP contribution in [0, 0.1) is 11.8 Å². The van der Waals surface area contributed by atoms with Gasteiger partial charge in [0.25, 0.3) is 0 Å². The molecule has 1 saturated heterocycles. The molecule has 0 spiro atoms. The Bertz CT molecular complexity index is 261. The molecule has 1 amide bonds. The standard InChI is InChI=1S/C14H26N2O/c1-11(2)8-14(17)16-7-3-4-13(10-16)15-9-12-5-6-12/h11-13,15H,3-10H2,1-2H3. The number of rotatable bonds is 5. The van der Waals surface area contributed by atoms with Crippen LogP contribution in [0.4, 0.5) is 0 Å². The van der Waals surface area contributed by atoms with E-state index >= 15 is 0 Å². The maximum atomic E-state index is 12.0. The normalized spacial score (nSPS) is 25.4. The minimum absolute atomic E-state index is 0.345. The fourth-order valence-electron chi connectivity index (χ4n) is 2.50. The highest BCUT2D eigenvalue weighted by molar-refractivity contribution is 5.76. The molecular formula is C14H26N2O. The van der Waals surface area contributed by atoms with Crippen molar-refractivity contribution < 1.29 is 4.79 Å². The zero-order valence-electron chi connectivity index (χ0n) is 11.2. The van der Waals surface area contributed by atoms with E-state index in [-0.39, 0.29) is 0 Å². The Morgan fingerprint density at radius 1 is 1.35 bits per heavy atom. The highest BCUT2D eigenvalue weighted by Gasteiger charge is 2.26. The summed E-state index contributed by atoms with van der Waals surface area (Å²) in [6.45, 7) is 7.29. The summed E-state index contributed by atoms with van der Waals surface area (Å²) in [7, 11) is 0. The Balaban J connectivity index is 1.72. The van der Waals surface area contributed by atoms with E-state index in [1.807, 2.05) is 0 Å². The molecule has 1 atom stereocenters. The molecule has 0 aromatic carbocycles. The minimum Gasteiger partial charge on any atom is -0.341 e. The molecule has 2 aliphatic rings. The summed E-state index contributed by atoms with van der Waals surface area (Å²) >= 11 is 0. The van der Waals surface area contributed by atoms with Crippen LogP contribution in [0.3, 0.4) is 0 Å². The average molecular weight is 238 g/mol. The highest BCUT2D eigenvalue weighted by Crippen LogP contribution is 2.28. The van der Waals surface area contributed by atoms with Crippen LogP contribution in [-0.2, 0) is 4.79 Å². The summed E-state index contributed by atoms with van der Waals surface area (Å²) in [5.41, 5.74) is 0. The Labute approximate surface area is 105 Å². The molecule has 1 aliphatic heterocycles. The van der Waals surface area contributed by atoms with Crippen LogP contribution in [0.2, 0.25) is 0 Å². The zero-order valence-corrected chi connectivity index (χ0v) is 11.2. The first kappa shape index (κ1) is 12.9. The van der Waals surface area contributed by atoms with Crippen LogP contribution in [0.5, 0.6) is 0 Å². The van der Waals surface area contributed by atoms with Crippen molar-refractivity contribution in [1.82, 2.24) is 10.2 Å². The number of hydrogen-bond donors (Lipinski definition) is 1.